The van der Waals surface area contributed by atoms with E-state index < -0.39 is 0 Å². The van der Waals surface area contributed by atoms with Crippen molar-refractivity contribution in [2.24, 2.45) is 0 Å². The van der Waals surface area contributed by atoms with E-state index >= 15 is 0 Å². The first kappa shape index (κ1) is 5.50. The van der Waals surface area contributed by atoms with E-state index in [9.17, 15) is 0 Å². The van der Waals surface area contributed by atoms with Gasteiger partial charge in [0.1, 0.15) is 11.9 Å². The van der Waals surface area contributed by atoms with Gasteiger partial charge < -0.3 is 9.15 Å². The molecule has 2 heterocycles. The Balaban J connectivity index is 2.28. The smallest absolute Gasteiger partial charge is 0.169 e. The van der Waals surface area contributed by atoms with E-state index in [-0.39, 0.29) is 6.10 Å². The van der Waals surface area contributed by atoms with Crippen molar-refractivity contribution in [3.8, 4) is 0 Å². The van der Waals surface area contributed by atoms with Crippen LogP contribution in [0.4, 0.5) is 0 Å². The van der Waals surface area contributed by atoms with Crippen molar-refractivity contribution < 1.29 is 9.15 Å². The third-order valence-electron chi connectivity index (χ3n) is 1.24. The molecule has 0 amide bonds. The zero-order valence-electron chi connectivity index (χ0n) is 4.63. The summed E-state index contributed by atoms with van der Waals surface area (Å²) in [4.78, 5) is 0. The normalized spacial score (nSPS) is 24.3. The summed E-state index contributed by atoms with van der Waals surface area (Å²) in [5.74, 6) is 0.918. The Bertz CT molecular complexity index is 215. The predicted molar refractivity (Wildman–Crippen MR) is 35.1 cm³/mol. The number of halogens is 1. The van der Waals surface area contributed by atoms with Crippen LogP contribution in [0.3, 0.4) is 0 Å². The van der Waals surface area contributed by atoms with Gasteiger partial charge in [0.05, 0.1) is 6.61 Å². The molecular weight excluding hydrogens is 184 g/mol. The topological polar surface area (TPSA) is 25.7 Å². The molecule has 1 fully saturated rings. The number of ether oxygens (including phenoxy) is 1. The van der Waals surface area contributed by atoms with Crippen LogP contribution < -0.4 is 0 Å². The molecule has 0 saturated carbocycles. The minimum Gasteiger partial charge on any atom is -0.452 e. The molecular formula is C6H5BrO2. The fraction of sp³-hybridized carbons (Fsp3) is 0.333. The lowest BCUT2D eigenvalue weighted by molar-refractivity contribution is 0.365. The van der Waals surface area contributed by atoms with E-state index in [1.165, 1.54) is 0 Å². The van der Waals surface area contributed by atoms with Gasteiger partial charge in [0.15, 0.2) is 4.67 Å². The van der Waals surface area contributed by atoms with E-state index in [1.54, 1.807) is 0 Å². The molecule has 1 aliphatic rings. The molecule has 0 N–H and O–H groups in total. The lowest BCUT2D eigenvalue weighted by atomic mass is 10.4. The van der Waals surface area contributed by atoms with Crippen LogP contribution in [0.1, 0.15) is 11.9 Å². The molecule has 48 valence electrons. The van der Waals surface area contributed by atoms with Crippen LogP contribution in [0.5, 0.6) is 0 Å². The number of hydrogen-bond donors (Lipinski definition) is 0. The van der Waals surface area contributed by atoms with Crippen LogP contribution in [0.2, 0.25) is 0 Å². The third-order valence-corrected chi connectivity index (χ3v) is 1.67. The maximum Gasteiger partial charge on any atom is 0.169 e. The molecule has 1 aromatic rings. The second-order valence-electron chi connectivity index (χ2n) is 1.96. The van der Waals surface area contributed by atoms with Gasteiger partial charge in [-0.05, 0) is 28.1 Å². The molecule has 1 unspecified atom stereocenters. The van der Waals surface area contributed by atoms with Crippen molar-refractivity contribution in [2.75, 3.05) is 6.61 Å². The molecule has 1 aromatic heterocycles. The van der Waals surface area contributed by atoms with Gasteiger partial charge in [-0.1, -0.05) is 0 Å². The first-order valence-corrected chi connectivity index (χ1v) is 3.52. The standard InChI is InChI=1S/C6H5BrO2/c7-6-2-1-4(9-6)5-3-8-5/h1-2,5H,3H2. The predicted octanol–water partition coefficient (Wildman–Crippen LogP) is 2.11. The van der Waals surface area contributed by atoms with Gasteiger partial charge in [0.25, 0.3) is 0 Å². The van der Waals surface area contributed by atoms with Crippen LogP contribution in [-0.2, 0) is 4.74 Å². The van der Waals surface area contributed by atoms with Crippen molar-refractivity contribution in [2.45, 2.75) is 6.10 Å². The van der Waals surface area contributed by atoms with Crippen molar-refractivity contribution >= 4 is 15.9 Å². The molecule has 1 aliphatic heterocycles. The maximum absolute atomic E-state index is 5.20. The van der Waals surface area contributed by atoms with Crippen molar-refractivity contribution in [1.82, 2.24) is 0 Å². The molecule has 1 saturated heterocycles. The van der Waals surface area contributed by atoms with E-state index in [4.69, 9.17) is 9.15 Å². The van der Waals surface area contributed by atoms with Crippen molar-refractivity contribution in [3.63, 3.8) is 0 Å². The van der Waals surface area contributed by atoms with Gasteiger partial charge >= 0.3 is 0 Å². The Morgan fingerprint density at radius 2 is 2.33 bits per heavy atom. The highest BCUT2D eigenvalue weighted by molar-refractivity contribution is 9.10. The van der Waals surface area contributed by atoms with Crippen molar-refractivity contribution in [1.29, 1.82) is 0 Å². The SMILES string of the molecule is Brc1ccc(C2CO2)o1. The molecule has 0 aliphatic carbocycles. The first-order valence-electron chi connectivity index (χ1n) is 2.73. The summed E-state index contributed by atoms with van der Waals surface area (Å²) in [6, 6.07) is 3.79. The number of rotatable bonds is 1. The van der Waals surface area contributed by atoms with Crippen LogP contribution in [-0.4, -0.2) is 6.61 Å². The van der Waals surface area contributed by atoms with E-state index in [1.807, 2.05) is 12.1 Å². The highest BCUT2D eigenvalue weighted by Gasteiger charge is 2.27. The summed E-state index contributed by atoms with van der Waals surface area (Å²) in [7, 11) is 0. The average molecular weight is 189 g/mol. The molecule has 2 rings (SSSR count). The van der Waals surface area contributed by atoms with Gasteiger partial charge in [0, 0.05) is 0 Å². The minimum atomic E-state index is 0.233. The second-order valence-corrected chi connectivity index (χ2v) is 2.75. The molecule has 1 atom stereocenters. The Hall–Kier alpha value is -0.280. The molecule has 3 heteroatoms. The zero-order valence-corrected chi connectivity index (χ0v) is 6.22. The quantitative estimate of drug-likeness (QED) is 0.632. The highest BCUT2D eigenvalue weighted by Crippen LogP contribution is 2.31. The number of furan rings is 1. The van der Waals surface area contributed by atoms with Gasteiger partial charge in [-0.2, -0.15) is 0 Å². The monoisotopic (exact) mass is 188 g/mol. The average Bonchev–Trinajstić information content (AvgIpc) is 2.58. The summed E-state index contributed by atoms with van der Waals surface area (Å²) in [6.45, 7) is 0.806. The zero-order chi connectivity index (χ0) is 6.27. The van der Waals surface area contributed by atoms with Crippen LogP contribution >= 0.6 is 15.9 Å². The summed E-state index contributed by atoms with van der Waals surface area (Å²) in [5.41, 5.74) is 0. The van der Waals surface area contributed by atoms with Gasteiger partial charge in [0.2, 0.25) is 0 Å². The van der Waals surface area contributed by atoms with E-state index in [2.05, 4.69) is 15.9 Å². The fourth-order valence-corrected chi connectivity index (χ4v) is 1.03. The van der Waals surface area contributed by atoms with Gasteiger partial charge in [-0.3, -0.25) is 0 Å². The molecule has 2 nitrogen and oxygen atoms in total. The Labute approximate surface area is 60.9 Å². The lowest BCUT2D eigenvalue weighted by Crippen LogP contribution is -1.69. The highest BCUT2D eigenvalue weighted by atomic mass is 79.9. The van der Waals surface area contributed by atoms with Crippen molar-refractivity contribution in [3.05, 3.63) is 22.6 Å². The molecule has 0 radical (unpaired) electrons. The molecule has 9 heavy (non-hydrogen) atoms. The fourth-order valence-electron chi connectivity index (χ4n) is 0.714. The van der Waals surface area contributed by atoms with Crippen LogP contribution in [0.15, 0.2) is 21.2 Å². The first-order chi connectivity index (χ1) is 4.36. The Kier molecular flexibility index (Phi) is 1.13. The lowest BCUT2D eigenvalue weighted by Gasteiger charge is -1.82. The van der Waals surface area contributed by atoms with Crippen LogP contribution in [0.25, 0.3) is 0 Å². The minimum absolute atomic E-state index is 0.233. The molecule has 0 spiro atoms. The maximum atomic E-state index is 5.20. The molecule has 0 bridgehead atoms. The largest absolute Gasteiger partial charge is 0.452 e. The summed E-state index contributed by atoms with van der Waals surface area (Å²) in [6.07, 6.45) is 0.233. The van der Waals surface area contributed by atoms with Crippen LogP contribution in [0, 0.1) is 0 Å². The van der Waals surface area contributed by atoms with E-state index in [0.717, 1.165) is 17.0 Å². The van der Waals surface area contributed by atoms with Gasteiger partial charge in [-0.15, -0.1) is 0 Å². The second kappa shape index (κ2) is 1.85. The number of epoxide rings is 1. The van der Waals surface area contributed by atoms with Gasteiger partial charge in [-0.25, -0.2) is 0 Å². The molecule has 0 aromatic carbocycles. The summed E-state index contributed by atoms with van der Waals surface area (Å²) >= 11 is 3.21. The number of hydrogen-bond acceptors (Lipinski definition) is 2. The summed E-state index contributed by atoms with van der Waals surface area (Å²) < 4.78 is 11.0. The third kappa shape index (κ3) is 1.02. The Morgan fingerprint density at radius 1 is 1.56 bits per heavy atom. The Morgan fingerprint density at radius 3 is 2.78 bits per heavy atom. The summed E-state index contributed by atoms with van der Waals surface area (Å²) in [5, 5.41) is 0. The van der Waals surface area contributed by atoms with E-state index in [0.29, 0.717) is 0 Å².